The zero-order valence-corrected chi connectivity index (χ0v) is 17.7. The summed E-state index contributed by atoms with van der Waals surface area (Å²) in [7, 11) is 0. The highest BCUT2D eigenvalue weighted by Crippen LogP contribution is 2.39. The van der Waals surface area contributed by atoms with Crippen LogP contribution in [0, 0.1) is 5.92 Å². The van der Waals surface area contributed by atoms with Gasteiger partial charge in [-0.3, -0.25) is 4.79 Å². The number of carbonyl (C=O) groups excluding carboxylic acids is 1. The average molecular weight is 461 g/mol. The first-order valence-electron chi connectivity index (χ1n) is 9.66. The number of nitrogens with zero attached hydrogens (tertiary/aromatic N) is 1. The maximum atomic E-state index is 13.0. The molecule has 3 N–H and O–H groups in total. The molecule has 1 aromatic heterocycles. The summed E-state index contributed by atoms with van der Waals surface area (Å²) in [5.74, 6) is -0.390. The first kappa shape index (κ1) is 23.1. The van der Waals surface area contributed by atoms with Crippen molar-refractivity contribution in [2.45, 2.75) is 54.5 Å². The van der Waals surface area contributed by atoms with E-state index < -0.39 is 24.1 Å². The molecule has 3 rings (SSSR count). The number of nitrogens with one attached hydrogen (secondary N) is 1. The highest BCUT2D eigenvalue weighted by atomic mass is 32.2. The molecule has 1 fully saturated rings. The van der Waals surface area contributed by atoms with E-state index in [-0.39, 0.29) is 28.3 Å². The van der Waals surface area contributed by atoms with Crippen molar-refractivity contribution in [3.8, 4) is 0 Å². The Balaban J connectivity index is 1.76. The Morgan fingerprint density at radius 1 is 1.27 bits per heavy atom. The number of benzene rings is 1. The molecule has 10 heteroatoms. The fourth-order valence-electron chi connectivity index (χ4n) is 3.66. The average Bonchev–Trinajstić information content (AvgIpc) is 3.37. The number of carbonyl (C=O) groups is 1. The molecule has 1 aromatic carbocycles. The van der Waals surface area contributed by atoms with E-state index >= 15 is 0 Å². The summed E-state index contributed by atoms with van der Waals surface area (Å²) >= 11 is 0.963. The van der Waals surface area contributed by atoms with Crippen LogP contribution in [-0.4, -0.2) is 33.2 Å². The third kappa shape index (κ3) is 6.44. The molecule has 2 atom stereocenters. The summed E-state index contributed by atoms with van der Waals surface area (Å²) < 4.78 is 37.8. The van der Waals surface area contributed by atoms with Crippen molar-refractivity contribution in [1.29, 1.82) is 0 Å². The zero-order valence-electron chi connectivity index (χ0n) is 16.1. The number of hydrogen-bond donors (Lipinski definition) is 3. The van der Waals surface area contributed by atoms with E-state index in [0.717, 1.165) is 37.0 Å². The predicted octanol–water partition coefficient (Wildman–Crippen LogP) is 5.08. The van der Waals surface area contributed by atoms with Crippen LogP contribution in [0.15, 0.2) is 34.5 Å². The summed E-state index contributed by atoms with van der Waals surface area (Å²) in [4.78, 5) is 17.2. The van der Waals surface area contributed by atoms with E-state index in [0.29, 0.717) is 23.0 Å². The Bertz CT molecular complexity index is 837. The van der Waals surface area contributed by atoms with Gasteiger partial charge in [0, 0.05) is 10.3 Å². The first-order valence-corrected chi connectivity index (χ1v) is 11.4. The van der Waals surface area contributed by atoms with Crippen LogP contribution in [0.5, 0.6) is 0 Å². The second kappa shape index (κ2) is 10.1. The lowest BCUT2D eigenvalue weighted by atomic mass is 9.87. The van der Waals surface area contributed by atoms with E-state index in [4.69, 9.17) is 5.11 Å². The lowest BCUT2D eigenvalue weighted by molar-refractivity contribution is -0.118. The fourth-order valence-corrected chi connectivity index (χ4v) is 4.96. The third-order valence-electron chi connectivity index (χ3n) is 5.14. The normalized spacial score (nSPS) is 17.1. The van der Waals surface area contributed by atoms with Crippen molar-refractivity contribution in [3.05, 3.63) is 40.9 Å². The zero-order chi connectivity index (χ0) is 21.7. The van der Waals surface area contributed by atoms with Crippen LogP contribution in [0.1, 0.15) is 55.4 Å². The number of aromatic nitrogens is 1. The summed E-state index contributed by atoms with van der Waals surface area (Å²) in [6.07, 6.45) is 3.82. The summed E-state index contributed by atoms with van der Waals surface area (Å²) in [5.41, 5.74) is -3.42. The molecule has 0 aliphatic heterocycles. The number of thiazole rings is 1. The molecule has 30 heavy (non-hydrogen) atoms. The Kier molecular flexibility index (Phi) is 7.78. The van der Waals surface area contributed by atoms with Gasteiger partial charge >= 0.3 is 5.51 Å². The van der Waals surface area contributed by atoms with Gasteiger partial charge in [-0.15, -0.1) is 11.3 Å². The fraction of sp³-hybridized carbons (Fsp3) is 0.500. The molecule has 1 amide bonds. The van der Waals surface area contributed by atoms with Crippen LogP contribution in [-0.2, 0) is 4.79 Å². The minimum Gasteiger partial charge on any atom is -0.393 e. The second-order valence-electron chi connectivity index (χ2n) is 7.32. The van der Waals surface area contributed by atoms with Crippen molar-refractivity contribution >= 4 is 34.1 Å². The molecule has 2 unspecified atom stereocenters. The van der Waals surface area contributed by atoms with Crippen molar-refractivity contribution < 1.29 is 28.2 Å². The van der Waals surface area contributed by atoms with Crippen LogP contribution in [0.2, 0.25) is 0 Å². The highest BCUT2D eigenvalue weighted by Gasteiger charge is 2.30. The van der Waals surface area contributed by atoms with E-state index in [1.165, 1.54) is 12.1 Å². The largest absolute Gasteiger partial charge is 0.446 e. The molecular weight excluding hydrogens is 437 g/mol. The monoisotopic (exact) mass is 460 g/mol. The first-order chi connectivity index (χ1) is 14.2. The van der Waals surface area contributed by atoms with Gasteiger partial charge in [0.25, 0.3) is 0 Å². The van der Waals surface area contributed by atoms with Crippen LogP contribution >= 0.6 is 23.1 Å². The van der Waals surface area contributed by atoms with Crippen molar-refractivity contribution in [2.75, 3.05) is 11.9 Å². The quantitative estimate of drug-likeness (QED) is 0.479. The molecular formula is C20H23F3N2O3S2. The minimum atomic E-state index is -4.36. The van der Waals surface area contributed by atoms with E-state index in [1.807, 2.05) is 0 Å². The van der Waals surface area contributed by atoms with Crippen LogP contribution < -0.4 is 5.32 Å². The van der Waals surface area contributed by atoms with Gasteiger partial charge in [0.05, 0.1) is 18.2 Å². The topological polar surface area (TPSA) is 82.5 Å². The molecule has 2 aromatic rings. The summed E-state index contributed by atoms with van der Waals surface area (Å²) in [6, 6.07) is 5.94. The van der Waals surface area contributed by atoms with Gasteiger partial charge in [-0.2, -0.15) is 13.2 Å². The van der Waals surface area contributed by atoms with Gasteiger partial charge in [-0.05, 0) is 41.8 Å². The van der Waals surface area contributed by atoms with Gasteiger partial charge in [-0.25, -0.2) is 4.98 Å². The second-order valence-corrected chi connectivity index (χ2v) is 9.32. The van der Waals surface area contributed by atoms with Gasteiger partial charge in [-0.1, -0.05) is 37.8 Å². The molecule has 1 saturated carbocycles. The minimum absolute atomic E-state index is 0.0776. The third-order valence-corrected chi connectivity index (χ3v) is 6.66. The molecule has 0 bridgehead atoms. The van der Waals surface area contributed by atoms with Gasteiger partial charge in [0.1, 0.15) is 6.10 Å². The van der Waals surface area contributed by atoms with E-state index in [2.05, 4.69) is 10.3 Å². The SMILES string of the molecule is O=C(Nc1nc(C(O)CO)cs1)C(CC1CCCC1)c1ccc(SC(F)(F)F)cc1. The Morgan fingerprint density at radius 2 is 1.93 bits per heavy atom. The lowest BCUT2D eigenvalue weighted by Gasteiger charge is -2.20. The number of rotatable bonds is 8. The number of halogens is 3. The highest BCUT2D eigenvalue weighted by molar-refractivity contribution is 8.00. The van der Waals surface area contributed by atoms with E-state index in [9.17, 15) is 23.1 Å². The van der Waals surface area contributed by atoms with E-state index in [1.54, 1.807) is 17.5 Å². The number of anilines is 1. The number of thioether (sulfide) groups is 1. The lowest BCUT2D eigenvalue weighted by Crippen LogP contribution is -2.23. The number of hydrogen-bond acceptors (Lipinski definition) is 6. The number of aliphatic hydroxyl groups excluding tert-OH is 2. The maximum Gasteiger partial charge on any atom is 0.446 e. The predicted molar refractivity (Wildman–Crippen MR) is 110 cm³/mol. The summed E-state index contributed by atoms with van der Waals surface area (Å²) in [6.45, 7) is -0.469. The molecule has 1 aliphatic carbocycles. The van der Waals surface area contributed by atoms with Gasteiger partial charge < -0.3 is 15.5 Å². The molecule has 1 heterocycles. The number of aliphatic hydroxyl groups is 2. The number of alkyl halides is 3. The number of amides is 1. The maximum absolute atomic E-state index is 13.0. The Hall–Kier alpha value is -1.62. The molecule has 0 saturated heterocycles. The summed E-state index contributed by atoms with van der Waals surface area (Å²) in [5, 5.41) is 23.3. The molecule has 1 aliphatic rings. The van der Waals surface area contributed by atoms with Crippen LogP contribution in [0.25, 0.3) is 0 Å². The van der Waals surface area contributed by atoms with Crippen molar-refractivity contribution in [1.82, 2.24) is 4.98 Å². The molecule has 0 spiro atoms. The van der Waals surface area contributed by atoms with Gasteiger partial charge in [0.2, 0.25) is 5.91 Å². The van der Waals surface area contributed by atoms with Crippen molar-refractivity contribution in [2.24, 2.45) is 5.92 Å². The molecule has 0 radical (unpaired) electrons. The van der Waals surface area contributed by atoms with Crippen LogP contribution in [0.3, 0.4) is 0 Å². The smallest absolute Gasteiger partial charge is 0.393 e. The van der Waals surface area contributed by atoms with Gasteiger partial charge in [0.15, 0.2) is 5.13 Å². The Labute approximate surface area is 180 Å². The van der Waals surface area contributed by atoms with Crippen molar-refractivity contribution in [3.63, 3.8) is 0 Å². The molecule has 5 nitrogen and oxygen atoms in total. The van der Waals surface area contributed by atoms with Crippen LogP contribution in [0.4, 0.5) is 18.3 Å². The molecule has 164 valence electrons. The Morgan fingerprint density at radius 3 is 2.53 bits per heavy atom. The standard InChI is InChI=1S/C20H23F3N2O3S2/c21-20(22,23)30-14-7-5-13(6-8-14)15(9-12-3-1-2-4-12)18(28)25-19-24-16(11-29-19)17(27)10-26/h5-8,11-12,15,17,26-27H,1-4,9-10H2,(H,24,25,28).